The quantitative estimate of drug-likeness (QED) is 0.231. The van der Waals surface area contributed by atoms with Crippen LogP contribution >= 0.6 is 0 Å². The van der Waals surface area contributed by atoms with E-state index in [1.165, 1.54) is 0 Å². The van der Waals surface area contributed by atoms with E-state index >= 15 is 0 Å². The Morgan fingerprint density at radius 1 is 1.10 bits per heavy atom. The van der Waals surface area contributed by atoms with Crippen molar-refractivity contribution < 1.29 is 36.5 Å². The third kappa shape index (κ3) is 5.23. The van der Waals surface area contributed by atoms with Gasteiger partial charge in [0, 0.05) is 0 Å². The zero-order valence-electron chi connectivity index (χ0n) is 12.4. The van der Waals surface area contributed by atoms with Crippen molar-refractivity contribution in [1.29, 1.82) is 0 Å². The Kier molecular flexibility index (Phi) is 7.20. The molecule has 5 atom stereocenters. The molecule has 0 saturated carbocycles. The average Bonchev–Trinajstić information content (AvgIpc) is 2.47. The predicted octanol–water partition coefficient (Wildman–Crippen LogP) is -3.07. The highest BCUT2D eigenvalue weighted by atomic mass is 16.4. The minimum Gasteiger partial charge on any atom is -0.394 e. The monoisotopic (exact) mass is 294 g/mol. The van der Waals surface area contributed by atoms with Crippen LogP contribution in [-0.4, -0.2) is 74.2 Å². The van der Waals surface area contributed by atoms with E-state index in [2.05, 4.69) is 0 Å². The molecule has 0 aromatic carbocycles. The number of hydrogen-bond acceptors (Lipinski definition) is 8. The van der Waals surface area contributed by atoms with Gasteiger partial charge in [-0.05, 0) is 12.3 Å². The van der Waals surface area contributed by atoms with Crippen LogP contribution in [0.3, 0.4) is 0 Å². The number of rotatable bonds is 10. The molecule has 118 valence electrons. The number of carbonyl (C=O) groups is 2. The van der Waals surface area contributed by atoms with Gasteiger partial charge in [-0.2, -0.15) is 0 Å². The third-order valence-corrected chi connectivity index (χ3v) is 2.79. The van der Waals surface area contributed by atoms with Gasteiger partial charge in [0.1, 0.15) is 25.8 Å². The second-order valence-corrected chi connectivity index (χ2v) is 5.09. The van der Waals surface area contributed by atoms with E-state index in [1.54, 1.807) is 13.8 Å². The lowest BCUT2D eigenvalue weighted by Crippen LogP contribution is -2.52. The number of nitrogens with two attached hydrogens (primary N) is 1. The molecule has 0 heterocycles. The maximum atomic E-state index is 11.8. The van der Waals surface area contributed by atoms with Gasteiger partial charge in [-0.1, -0.05) is 13.8 Å². The fourth-order valence-electron chi connectivity index (χ4n) is 1.57. The molecule has 20 heavy (non-hydrogen) atoms. The van der Waals surface area contributed by atoms with E-state index in [9.17, 15) is 24.9 Å². The smallest absolute Gasteiger partial charge is 0.231 e. The highest BCUT2D eigenvalue weighted by Gasteiger charge is 2.38. The Morgan fingerprint density at radius 3 is 2.05 bits per heavy atom. The Balaban J connectivity index is 4.85. The first kappa shape index (κ1) is 17.2. The molecule has 8 nitrogen and oxygen atoms in total. The van der Waals surface area contributed by atoms with Crippen LogP contribution in [0.1, 0.15) is 20.3 Å². The maximum absolute atomic E-state index is 11.8. The van der Waals surface area contributed by atoms with Crippen LogP contribution < -0.4 is 5.73 Å². The number of hydrogen-bond donors (Lipinski definition) is 6. The molecular formula is C12H23NO7. The summed E-state index contributed by atoms with van der Waals surface area (Å²) in [6.45, 7) is 2.65. The van der Waals surface area contributed by atoms with Gasteiger partial charge in [0.15, 0.2) is 0 Å². The van der Waals surface area contributed by atoms with E-state index in [0.717, 1.165) is 0 Å². The summed E-state index contributed by atoms with van der Waals surface area (Å²) in [7, 11) is 0. The SMILES string of the molecule is [2H]N[C@@H](CC(C)C)C(=O)C(=O)[C@H](O)[C@@H](O)[C@@H](O)[C@H](O)CO. The number of aliphatic hydroxyl groups is 5. The number of Topliss-reactive ketones (excluding diaryl/α,β-unsaturated/α-hetero) is 2. The summed E-state index contributed by atoms with van der Waals surface area (Å²) in [6, 6.07) is -1.14. The summed E-state index contributed by atoms with van der Waals surface area (Å²) in [5, 5.41) is 46.3. The second-order valence-electron chi connectivity index (χ2n) is 5.09. The first-order valence-electron chi connectivity index (χ1n) is 6.75. The van der Waals surface area contributed by atoms with E-state index < -0.39 is 48.6 Å². The molecule has 0 bridgehead atoms. The van der Waals surface area contributed by atoms with Gasteiger partial charge in [0.2, 0.25) is 11.6 Å². The van der Waals surface area contributed by atoms with E-state index in [-0.39, 0.29) is 12.3 Å². The van der Waals surface area contributed by atoms with E-state index in [4.69, 9.17) is 11.6 Å². The zero-order chi connectivity index (χ0) is 16.7. The van der Waals surface area contributed by atoms with Gasteiger partial charge in [-0.3, -0.25) is 9.59 Å². The van der Waals surface area contributed by atoms with Crippen LogP contribution in [0.2, 0.25) is 1.41 Å². The molecular weight excluding hydrogens is 270 g/mol. The lowest BCUT2D eigenvalue weighted by Gasteiger charge is -2.25. The fraction of sp³-hybridized carbons (Fsp3) is 0.833. The highest BCUT2D eigenvalue weighted by molar-refractivity contribution is 6.40. The van der Waals surface area contributed by atoms with Crippen LogP contribution in [0.25, 0.3) is 0 Å². The average molecular weight is 294 g/mol. The van der Waals surface area contributed by atoms with Crippen molar-refractivity contribution in [3.63, 3.8) is 0 Å². The fourth-order valence-corrected chi connectivity index (χ4v) is 1.57. The Hall–Kier alpha value is -0.900. The zero-order valence-corrected chi connectivity index (χ0v) is 11.4. The molecule has 0 spiro atoms. The molecule has 0 aliphatic carbocycles. The Labute approximate surface area is 118 Å². The first-order valence-corrected chi connectivity index (χ1v) is 6.25. The van der Waals surface area contributed by atoms with E-state index in [1.807, 2.05) is 5.73 Å². The van der Waals surface area contributed by atoms with Gasteiger partial charge in [0.05, 0.1) is 12.6 Å². The molecule has 0 amide bonds. The lowest BCUT2D eigenvalue weighted by molar-refractivity contribution is -0.154. The normalized spacial score (nSPS) is 19.9. The van der Waals surface area contributed by atoms with Crippen molar-refractivity contribution >= 4 is 11.6 Å². The molecule has 0 radical (unpaired) electrons. The number of carbonyl (C=O) groups excluding carboxylic acids is 2. The van der Waals surface area contributed by atoms with Crippen molar-refractivity contribution in [2.24, 2.45) is 11.6 Å². The van der Waals surface area contributed by atoms with Gasteiger partial charge < -0.3 is 31.3 Å². The topological polar surface area (TPSA) is 161 Å². The summed E-state index contributed by atoms with van der Waals surface area (Å²) in [5.41, 5.74) is 1.91. The molecule has 0 fully saturated rings. The minimum atomic E-state index is -2.25. The van der Waals surface area contributed by atoms with Crippen LogP contribution in [0.15, 0.2) is 0 Å². The van der Waals surface area contributed by atoms with Gasteiger partial charge >= 0.3 is 0 Å². The molecule has 0 saturated heterocycles. The van der Waals surface area contributed by atoms with Gasteiger partial charge in [-0.15, -0.1) is 0 Å². The summed E-state index contributed by atoms with van der Waals surface area (Å²) in [5.74, 6) is -2.47. The van der Waals surface area contributed by atoms with Gasteiger partial charge in [-0.25, -0.2) is 0 Å². The number of aliphatic hydroxyl groups excluding tert-OH is 5. The van der Waals surface area contributed by atoms with Crippen LogP contribution in [0.4, 0.5) is 0 Å². The largest absolute Gasteiger partial charge is 0.394 e. The van der Waals surface area contributed by atoms with Crippen molar-refractivity contribution in [3.8, 4) is 0 Å². The molecule has 0 aliphatic heterocycles. The van der Waals surface area contributed by atoms with Gasteiger partial charge in [0.25, 0.3) is 0 Å². The van der Waals surface area contributed by atoms with Crippen LogP contribution in [0, 0.1) is 5.92 Å². The third-order valence-electron chi connectivity index (χ3n) is 2.79. The molecule has 0 aromatic heterocycles. The summed E-state index contributed by atoms with van der Waals surface area (Å²) < 4.78 is 7.02. The molecule has 7 N–H and O–H groups in total. The van der Waals surface area contributed by atoms with Crippen molar-refractivity contribution in [2.45, 2.75) is 50.7 Å². The maximum Gasteiger partial charge on any atom is 0.231 e. The molecule has 0 rings (SSSR count). The first-order chi connectivity index (χ1) is 9.67. The van der Waals surface area contributed by atoms with E-state index in [0.29, 0.717) is 0 Å². The molecule has 8 heteroatoms. The van der Waals surface area contributed by atoms with Crippen LogP contribution in [0.5, 0.6) is 0 Å². The predicted molar refractivity (Wildman–Crippen MR) is 68.6 cm³/mol. The number of ketones is 2. The summed E-state index contributed by atoms with van der Waals surface area (Å²) in [4.78, 5) is 23.6. The summed E-state index contributed by atoms with van der Waals surface area (Å²) in [6.07, 6.45) is -7.96. The summed E-state index contributed by atoms with van der Waals surface area (Å²) >= 11 is 0. The minimum absolute atomic E-state index is 0.00784. The Bertz CT molecular complexity index is 352. The lowest BCUT2D eigenvalue weighted by atomic mass is 9.93. The molecule has 0 aliphatic rings. The Morgan fingerprint density at radius 2 is 1.65 bits per heavy atom. The molecule has 0 aromatic rings. The molecule has 0 unspecified atom stereocenters. The highest BCUT2D eigenvalue weighted by Crippen LogP contribution is 2.09. The van der Waals surface area contributed by atoms with Crippen LogP contribution in [-0.2, 0) is 9.59 Å². The second kappa shape index (κ2) is 8.40. The van der Waals surface area contributed by atoms with Crippen molar-refractivity contribution in [1.82, 2.24) is 0 Å². The van der Waals surface area contributed by atoms with Crippen molar-refractivity contribution in [2.75, 3.05) is 6.61 Å². The standard InChI is InChI=1S/C12H23NO7/c1-5(2)3-6(13)8(16)10(18)12(20)11(19)9(17)7(15)4-14/h5-7,9,11-12,14-15,17,19-20H,3-4,13H2,1-2H3/t6-,7+,9-,11-,12-/m0/s1/i/hD. The van der Waals surface area contributed by atoms with Crippen molar-refractivity contribution in [3.05, 3.63) is 0 Å².